The maximum atomic E-state index is 12.7. The number of unbranched alkanes of at least 4 members (excludes halogenated alkanes) is 26. The van der Waals surface area contributed by atoms with Crippen LogP contribution in [0.2, 0.25) is 0 Å². The Kier molecular flexibility index (Phi) is 33.0. The predicted octanol–water partition coefficient (Wildman–Crippen LogP) is 10.0. The lowest BCUT2D eigenvalue weighted by molar-refractivity contribution is -0.843. The molecule has 2 unspecified atom stereocenters. The fourth-order valence-electron chi connectivity index (χ4n) is 7.06. The van der Waals surface area contributed by atoms with Gasteiger partial charge in [0.1, 0.15) is 6.54 Å². The van der Waals surface area contributed by atoms with Gasteiger partial charge in [-0.05, 0) is 38.5 Å². The monoisotopic (exact) mass is 680 g/mol. The molecule has 1 aliphatic heterocycles. The number of likely N-dealkylation sites (N-methyl/N-ethyl adjacent to an activating group) is 1. The maximum Gasteiger partial charge on any atom is 0.224 e. The van der Waals surface area contributed by atoms with E-state index in [9.17, 15) is 4.79 Å². The highest BCUT2D eigenvalue weighted by Gasteiger charge is 2.39. The van der Waals surface area contributed by atoms with Gasteiger partial charge >= 0.3 is 0 Å². The van der Waals surface area contributed by atoms with Crippen molar-refractivity contribution in [2.75, 3.05) is 20.1 Å². The molecule has 0 aliphatic carbocycles. The second-order valence-corrected chi connectivity index (χ2v) is 14.9. The van der Waals surface area contributed by atoms with E-state index in [0.29, 0.717) is 6.42 Å². The van der Waals surface area contributed by atoms with Gasteiger partial charge in [0.2, 0.25) is 5.91 Å². The molecule has 0 saturated carbocycles. The average molecular weight is 681 g/mol. The Morgan fingerprint density at radius 1 is 0.638 bits per heavy atom. The molecule has 278 valence electrons. The van der Waals surface area contributed by atoms with E-state index in [4.69, 9.17) is 4.99 Å². The summed E-state index contributed by atoms with van der Waals surface area (Å²) in [6.07, 6.45) is 45.9. The molecule has 0 aromatic carbocycles. The summed E-state index contributed by atoms with van der Waals surface area (Å²) in [6, 6.07) is 0. The first-order valence-corrected chi connectivity index (χ1v) is 20.9. The minimum Gasteiger partial charge on any atom is -1.00 e. The second kappa shape index (κ2) is 33.6. The van der Waals surface area contributed by atoms with Gasteiger partial charge in [0.05, 0.1) is 13.6 Å². The van der Waals surface area contributed by atoms with Gasteiger partial charge in [-0.1, -0.05) is 174 Å². The van der Waals surface area contributed by atoms with Gasteiger partial charge in [-0.15, -0.1) is 0 Å². The largest absolute Gasteiger partial charge is 1.00 e. The van der Waals surface area contributed by atoms with Gasteiger partial charge in [-0.3, -0.25) is 9.28 Å². The van der Waals surface area contributed by atoms with Crippen LogP contribution in [0.4, 0.5) is 0 Å². The molecule has 0 radical (unpaired) electrons. The zero-order valence-corrected chi connectivity index (χ0v) is 33.0. The van der Waals surface area contributed by atoms with E-state index in [0.717, 1.165) is 30.4 Å². The van der Waals surface area contributed by atoms with E-state index in [-0.39, 0.29) is 24.5 Å². The Bertz CT molecular complexity index is 754. The van der Waals surface area contributed by atoms with E-state index in [1.165, 1.54) is 186 Å². The summed E-state index contributed by atoms with van der Waals surface area (Å²) in [5, 5.41) is 3.34. The summed E-state index contributed by atoms with van der Waals surface area (Å²) in [6.45, 7) is 8.68. The number of nitrogens with zero attached hydrogens (tertiary/aromatic N) is 2. The lowest BCUT2D eigenvalue weighted by Gasteiger charge is -2.36. The zero-order valence-electron chi connectivity index (χ0n) is 32.2. The van der Waals surface area contributed by atoms with Gasteiger partial charge in [0.15, 0.2) is 12.0 Å². The molecule has 0 saturated heterocycles. The van der Waals surface area contributed by atoms with E-state index >= 15 is 0 Å². The Hall–Kier alpha value is -0.870. The highest BCUT2D eigenvalue weighted by molar-refractivity contribution is 5.78. The number of amidine groups is 1. The molecule has 1 rings (SSSR count). The Morgan fingerprint density at radius 2 is 1.02 bits per heavy atom. The fraction of sp³-hybridized carbons (Fsp3) is 0.905. The summed E-state index contributed by atoms with van der Waals surface area (Å²) in [5.41, 5.74) is 0. The van der Waals surface area contributed by atoms with Gasteiger partial charge in [-0.25, -0.2) is 4.99 Å². The van der Waals surface area contributed by atoms with Crippen molar-refractivity contribution >= 4 is 11.7 Å². The van der Waals surface area contributed by atoms with Crippen LogP contribution in [-0.2, 0) is 4.79 Å². The average Bonchev–Trinajstić information content (AvgIpc) is 3.43. The van der Waals surface area contributed by atoms with E-state index < -0.39 is 0 Å². The molecule has 5 heteroatoms. The Labute approximate surface area is 301 Å². The molecule has 1 N–H and O–H groups in total. The van der Waals surface area contributed by atoms with Crippen molar-refractivity contribution in [1.82, 2.24) is 5.32 Å². The van der Waals surface area contributed by atoms with Crippen molar-refractivity contribution in [2.24, 2.45) is 4.99 Å². The summed E-state index contributed by atoms with van der Waals surface area (Å²) in [7, 11) is 2.28. The van der Waals surface area contributed by atoms with Gasteiger partial charge in [0, 0.05) is 19.8 Å². The van der Waals surface area contributed by atoms with Crippen LogP contribution in [0.25, 0.3) is 0 Å². The van der Waals surface area contributed by atoms with E-state index in [2.05, 4.69) is 45.3 Å². The number of allylic oxidation sites excluding steroid dienone is 2. The SMILES string of the molecule is CCCCCCCC/C=C\CCCCCCCC(=O)NC(C)[N+]1(C)CCN=C1CCCCCCCCCCCCCCCCCC.[Cl-]. The molecule has 0 bridgehead atoms. The Morgan fingerprint density at radius 3 is 1.47 bits per heavy atom. The third-order valence-electron chi connectivity index (χ3n) is 10.6. The molecule has 4 nitrogen and oxygen atoms in total. The summed E-state index contributed by atoms with van der Waals surface area (Å²) >= 11 is 0. The molecule has 0 aromatic rings. The summed E-state index contributed by atoms with van der Waals surface area (Å²) < 4.78 is 0.802. The third kappa shape index (κ3) is 25.7. The summed E-state index contributed by atoms with van der Waals surface area (Å²) in [5.74, 6) is 1.53. The van der Waals surface area contributed by atoms with Crippen molar-refractivity contribution in [3.63, 3.8) is 0 Å². The number of amides is 1. The number of nitrogens with one attached hydrogen (secondary N) is 1. The van der Waals surface area contributed by atoms with Crippen molar-refractivity contribution < 1.29 is 21.7 Å². The molecule has 0 spiro atoms. The minimum atomic E-state index is 0. The number of rotatable bonds is 34. The number of aliphatic imine (C=N–C) groups is 1. The van der Waals surface area contributed by atoms with Crippen LogP contribution in [0.1, 0.15) is 220 Å². The van der Waals surface area contributed by atoms with Crippen LogP contribution >= 0.6 is 0 Å². The van der Waals surface area contributed by atoms with Crippen molar-refractivity contribution in [2.45, 2.75) is 226 Å². The van der Waals surface area contributed by atoms with Crippen LogP contribution in [0, 0.1) is 0 Å². The number of carbonyl (C=O) groups excluding carboxylic acids is 1. The third-order valence-corrected chi connectivity index (χ3v) is 10.6. The topological polar surface area (TPSA) is 41.5 Å². The number of halogens is 1. The first-order chi connectivity index (χ1) is 22.5. The van der Waals surface area contributed by atoms with Crippen LogP contribution in [0.15, 0.2) is 17.1 Å². The zero-order chi connectivity index (χ0) is 33.4. The lowest BCUT2D eigenvalue weighted by Crippen LogP contribution is -3.00. The molecular weight excluding hydrogens is 598 g/mol. The standard InChI is InChI=1S/C42H81N3O.ClH/c1-5-7-9-11-13-15-17-19-21-23-24-26-28-30-32-34-36-41-43-38-39-45(41,4)40(3)44-42(46)37-35-33-31-29-27-25-22-20-18-16-14-12-10-8-6-2;/h20,22,40H,5-19,21,23-39H2,1-4H3;1H/b22-20-;. The minimum absolute atomic E-state index is 0. The molecule has 1 heterocycles. The van der Waals surface area contributed by atoms with Gasteiger partial charge in [0.25, 0.3) is 0 Å². The van der Waals surface area contributed by atoms with Crippen molar-refractivity contribution in [3.05, 3.63) is 12.2 Å². The number of hydrogen-bond acceptors (Lipinski definition) is 2. The van der Waals surface area contributed by atoms with E-state index in [1.807, 2.05) is 0 Å². The highest BCUT2D eigenvalue weighted by atomic mass is 35.5. The smallest absolute Gasteiger partial charge is 0.224 e. The maximum absolute atomic E-state index is 12.7. The first-order valence-electron chi connectivity index (χ1n) is 20.9. The van der Waals surface area contributed by atoms with Crippen LogP contribution in [0.5, 0.6) is 0 Å². The van der Waals surface area contributed by atoms with Crippen molar-refractivity contribution in [1.29, 1.82) is 0 Å². The number of quaternary nitrogens is 1. The predicted molar refractivity (Wildman–Crippen MR) is 205 cm³/mol. The fourth-order valence-corrected chi connectivity index (χ4v) is 7.06. The van der Waals surface area contributed by atoms with Crippen molar-refractivity contribution in [3.8, 4) is 0 Å². The number of carbonyl (C=O) groups is 1. The van der Waals surface area contributed by atoms with Gasteiger partial charge < -0.3 is 17.7 Å². The van der Waals surface area contributed by atoms with Crippen LogP contribution in [-0.4, -0.2) is 42.5 Å². The second-order valence-electron chi connectivity index (χ2n) is 14.9. The molecule has 1 amide bonds. The van der Waals surface area contributed by atoms with E-state index in [1.54, 1.807) is 0 Å². The molecule has 1 aliphatic rings. The molecular formula is C42H82ClN3O. The van der Waals surface area contributed by atoms with Gasteiger partial charge in [-0.2, -0.15) is 0 Å². The number of hydrogen-bond donors (Lipinski definition) is 1. The normalized spacial score (nSPS) is 16.8. The first kappa shape index (κ1) is 46.1. The molecule has 47 heavy (non-hydrogen) atoms. The molecule has 0 aromatic heterocycles. The summed E-state index contributed by atoms with van der Waals surface area (Å²) in [4.78, 5) is 17.6. The molecule has 2 atom stereocenters. The Balaban J connectivity index is 0.0000212. The quantitative estimate of drug-likeness (QED) is 0.0411. The lowest BCUT2D eigenvalue weighted by atomic mass is 10.0. The molecule has 0 fully saturated rings. The van der Waals surface area contributed by atoms with Crippen LogP contribution in [0.3, 0.4) is 0 Å². The van der Waals surface area contributed by atoms with Crippen LogP contribution < -0.4 is 17.7 Å². The highest BCUT2D eigenvalue weighted by Crippen LogP contribution is 2.21.